The Morgan fingerprint density at radius 2 is 1.83 bits per heavy atom. The lowest BCUT2D eigenvalue weighted by Gasteiger charge is -2.07. The predicted molar refractivity (Wildman–Crippen MR) is 84.4 cm³/mol. The van der Waals surface area contributed by atoms with Gasteiger partial charge in [-0.1, -0.05) is 24.3 Å². The average Bonchev–Trinajstić information content (AvgIpc) is 2.55. The van der Waals surface area contributed by atoms with Crippen molar-refractivity contribution in [2.45, 2.75) is 4.90 Å². The number of para-hydroxylation sites is 1. The summed E-state index contributed by atoms with van der Waals surface area (Å²) < 4.78 is 32.0. The highest BCUT2D eigenvalue weighted by Crippen LogP contribution is 2.19. The molecule has 114 valence electrons. The van der Waals surface area contributed by atoms with Gasteiger partial charge >= 0.3 is 5.63 Å². The van der Waals surface area contributed by atoms with E-state index < -0.39 is 15.6 Å². The molecule has 0 unspecified atom stereocenters. The van der Waals surface area contributed by atoms with Crippen LogP contribution in [0.3, 0.4) is 0 Å². The second-order valence-corrected chi connectivity index (χ2v) is 6.41. The minimum absolute atomic E-state index is 0.107. The first kappa shape index (κ1) is 14.8. The Labute approximate surface area is 131 Å². The Bertz CT molecular complexity index is 1090. The summed E-state index contributed by atoms with van der Waals surface area (Å²) in [7, 11) is -4.00. The van der Waals surface area contributed by atoms with Gasteiger partial charge in [0.25, 0.3) is 10.0 Å². The number of nitriles is 1. The molecule has 0 atom stereocenters. The zero-order valence-electron chi connectivity index (χ0n) is 11.7. The van der Waals surface area contributed by atoms with Gasteiger partial charge in [-0.2, -0.15) is 5.26 Å². The summed E-state index contributed by atoms with van der Waals surface area (Å²) >= 11 is 0. The van der Waals surface area contributed by atoms with Gasteiger partial charge in [-0.3, -0.25) is 4.72 Å². The van der Waals surface area contributed by atoms with Crippen LogP contribution in [0.5, 0.6) is 0 Å². The number of fused-ring (bicyclic) bond motifs is 1. The Morgan fingerprint density at radius 3 is 2.61 bits per heavy atom. The van der Waals surface area contributed by atoms with Crippen LogP contribution in [0.4, 0.5) is 5.69 Å². The fraction of sp³-hybridized carbons (Fsp3) is 0. The molecule has 0 amide bonds. The molecule has 0 fully saturated rings. The molecule has 23 heavy (non-hydrogen) atoms. The van der Waals surface area contributed by atoms with E-state index in [1.165, 1.54) is 30.3 Å². The third-order valence-corrected chi connectivity index (χ3v) is 4.52. The third-order valence-electron chi connectivity index (χ3n) is 3.16. The van der Waals surface area contributed by atoms with Crippen molar-refractivity contribution in [2.24, 2.45) is 0 Å². The molecule has 3 rings (SSSR count). The normalized spacial score (nSPS) is 11.1. The monoisotopic (exact) mass is 326 g/mol. The summed E-state index contributed by atoms with van der Waals surface area (Å²) in [5.74, 6) is 0. The molecule has 0 radical (unpaired) electrons. The second-order valence-electron chi connectivity index (χ2n) is 4.73. The number of sulfonamides is 1. The predicted octanol–water partition coefficient (Wildman–Crippen LogP) is 2.47. The molecule has 0 aliphatic carbocycles. The van der Waals surface area contributed by atoms with Crippen LogP contribution in [-0.4, -0.2) is 8.42 Å². The summed E-state index contributed by atoms with van der Waals surface area (Å²) in [6, 6.07) is 15.6. The number of benzene rings is 2. The van der Waals surface area contributed by atoms with Crippen LogP contribution in [0.25, 0.3) is 11.0 Å². The van der Waals surface area contributed by atoms with Crippen molar-refractivity contribution >= 4 is 26.7 Å². The quantitative estimate of drug-likeness (QED) is 0.745. The Hall–Kier alpha value is -3.11. The number of nitrogens with zero attached hydrogens (tertiary/aromatic N) is 1. The van der Waals surface area contributed by atoms with Crippen LogP contribution < -0.4 is 10.3 Å². The van der Waals surface area contributed by atoms with Gasteiger partial charge in [0.1, 0.15) is 11.3 Å². The molecule has 2 aromatic carbocycles. The van der Waals surface area contributed by atoms with E-state index in [1.807, 2.05) is 6.07 Å². The van der Waals surface area contributed by atoms with Crippen LogP contribution in [-0.2, 0) is 10.0 Å². The number of rotatable bonds is 3. The van der Waals surface area contributed by atoms with E-state index in [2.05, 4.69) is 4.72 Å². The van der Waals surface area contributed by atoms with Crippen molar-refractivity contribution < 1.29 is 12.8 Å². The fourth-order valence-electron chi connectivity index (χ4n) is 2.07. The third kappa shape index (κ3) is 2.93. The number of hydrogen-bond donors (Lipinski definition) is 1. The summed E-state index contributed by atoms with van der Waals surface area (Å²) in [5, 5.41) is 9.44. The molecule has 1 aromatic heterocycles. The van der Waals surface area contributed by atoms with E-state index in [4.69, 9.17) is 9.68 Å². The highest BCUT2D eigenvalue weighted by molar-refractivity contribution is 7.92. The maximum atomic E-state index is 12.4. The standard InChI is InChI=1S/C16H10N2O4S/c17-10-11-4-3-6-13(8-11)23(20,21)18-14-9-12-5-1-2-7-15(12)22-16(14)19/h1-9,18H. The van der Waals surface area contributed by atoms with Crippen LogP contribution in [0, 0.1) is 11.3 Å². The zero-order valence-corrected chi connectivity index (χ0v) is 12.5. The van der Waals surface area contributed by atoms with E-state index in [-0.39, 0.29) is 16.1 Å². The van der Waals surface area contributed by atoms with Crippen molar-refractivity contribution in [1.29, 1.82) is 5.26 Å². The van der Waals surface area contributed by atoms with Gasteiger partial charge in [0.15, 0.2) is 0 Å². The van der Waals surface area contributed by atoms with Crippen molar-refractivity contribution in [3.63, 3.8) is 0 Å². The van der Waals surface area contributed by atoms with Gasteiger partial charge in [-0.25, -0.2) is 13.2 Å². The largest absolute Gasteiger partial charge is 0.421 e. The summed E-state index contributed by atoms with van der Waals surface area (Å²) in [4.78, 5) is 11.8. The number of nitrogens with one attached hydrogen (secondary N) is 1. The molecule has 0 spiro atoms. The number of hydrogen-bond acceptors (Lipinski definition) is 5. The first-order chi connectivity index (χ1) is 11.0. The molecule has 3 aromatic rings. The lowest BCUT2D eigenvalue weighted by Crippen LogP contribution is -2.18. The first-order valence-corrected chi connectivity index (χ1v) is 8.04. The zero-order chi connectivity index (χ0) is 16.4. The summed E-state index contributed by atoms with van der Waals surface area (Å²) in [6.07, 6.45) is 0. The van der Waals surface area contributed by atoms with E-state index in [0.29, 0.717) is 11.0 Å². The maximum absolute atomic E-state index is 12.4. The summed E-state index contributed by atoms with van der Waals surface area (Å²) in [5.41, 5.74) is -0.403. The van der Waals surface area contributed by atoms with Crippen molar-refractivity contribution in [2.75, 3.05) is 4.72 Å². The van der Waals surface area contributed by atoms with Crippen molar-refractivity contribution in [3.8, 4) is 6.07 Å². The molecule has 0 bridgehead atoms. The molecule has 7 heteroatoms. The lowest BCUT2D eigenvalue weighted by molar-refractivity contribution is 0.563. The van der Waals surface area contributed by atoms with E-state index in [1.54, 1.807) is 24.3 Å². The minimum atomic E-state index is -4.00. The molecular weight excluding hydrogens is 316 g/mol. The Morgan fingerprint density at radius 1 is 1.04 bits per heavy atom. The molecule has 0 saturated heterocycles. The first-order valence-electron chi connectivity index (χ1n) is 6.55. The van der Waals surface area contributed by atoms with Crippen molar-refractivity contribution in [1.82, 2.24) is 0 Å². The second kappa shape index (κ2) is 5.59. The van der Waals surface area contributed by atoms with Gasteiger partial charge in [0.05, 0.1) is 16.5 Å². The Kier molecular flexibility index (Phi) is 3.60. The van der Waals surface area contributed by atoms with Gasteiger partial charge < -0.3 is 4.42 Å². The smallest absolute Gasteiger partial charge is 0.360 e. The molecule has 0 aliphatic rings. The van der Waals surface area contributed by atoms with Crippen LogP contribution >= 0.6 is 0 Å². The molecular formula is C16H10N2O4S. The minimum Gasteiger partial charge on any atom is -0.421 e. The topological polar surface area (TPSA) is 100 Å². The van der Waals surface area contributed by atoms with Gasteiger partial charge in [-0.05, 0) is 30.3 Å². The van der Waals surface area contributed by atoms with Crippen LogP contribution in [0.2, 0.25) is 0 Å². The van der Waals surface area contributed by atoms with Gasteiger partial charge in [0, 0.05) is 5.39 Å². The highest BCUT2D eigenvalue weighted by atomic mass is 32.2. The molecule has 1 N–H and O–H groups in total. The van der Waals surface area contributed by atoms with Gasteiger partial charge in [0.2, 0.25) is 0 Å². The molecule has 0 saturated carbocycles. The van der Waals surface area contributed by atoms with E-state index in [9.17, 15) is 13.2 Å². The Balaban J connectivity index is 2.05. The van der Waals surface area contributed by atoms with E-state index >= 15 is 0 Å². The van der Waals surface area contributed by atoms with Gasteiger partial charge in [-0.15, -0.1) is 0 Å². The van der Waals surface area contributed by atoms with E-state index in [0.717, 1.165) is 0 Å². The fourth-order valence-corrected chi connectivity index (χ4v) is 3.16. The van der Waals surface area contributed by atoms with Crippen LogP contribution in [0.1, 0.15) is 5.56 Å². The van der Waals surface area contributed by atoms with Crippen molar-refractivity contribution in [3.05, 3.63) is 70.6 Å². The van der Waals surface area contributed by atoms with Crippen LogP contribution in [0.15, 0.2) is 68.7 Å². The highest BCUT2D eigenvalue weighted by Gasteiger charge is 2.17. The average molecular weight is 326 g/mol. The number of anilines is 1. The maximum Gasteiger partial charge on any atom is 0.360 e. The molecule has 0 aliphatic heterocycles. The summed E-state index contributed by atoms with van der Waals surface area (Å²) in [6.45, 7) is 0. The SMILES string of the molecule is N#Cc1cccc(S(=O)(=O)Nc2cc3ccccc3oc2=O)c1. The lowest BCUT2D eigenvalue weighted by atomic mass is 10.2. The molecule has 6 nitrogen and oxygen atoms in total. The molecule has 1 heterocycles.